The molecule has 0 amide bonds. The zero-order chi connectivity index (χ0) is 15.7. The third-order valence-corrected chi connectivity index (χ3v) is 3.13. The highest BCUT2D eigenvalue weighted by Gasteiger charge is 2.18. The summed E-state index contributed by atoms with van der Waals surface area (Å²) in [5.41, 5.74) is 0.935. The van der Waals surface area contributed by atoms with Gasteiger partial charge in [-0.25, -0.2) is 4.39 Å². The van der Waals surface area contributed by atoms with Gasteiger partial charge in [0.05, 0.1) is 4.92 Å². The summed E-state index contributed by atoms with van der Waals surface area (Å²) in [4.78, 5) is 14.4. The van der Waals surface area contributed by atoms with E-state index in [1.165, 1.54) is 35.1 Å². The third-order valence-electron chi connectivity index (χ3n) is 3.13. The lowest BCUT2D eigenvalue weighted by Crippen LogP contribution is -2.04. The minimum absolute atomic E-state index is 0.0710. The molecule has 0 unspecified atom stereocenters. The van der Waals surface area contributed by atoms with E-state index in [4.69, 9.17) is 4.52 Å². The Hall–Kier alpha value is -3.10. The predicted octanol–water partition coefficient (Wildman–Crippen LogP) is 2.34. The SMILES string of the molecule is Cc1c([N+](=O)[O-])cnn1Cc1nc(-c2ccc(F)cc2)no1. The Labute approximate surface area is 123 Å². The van der Waals surface area contributed by atoms with Gasteiger partial charge in [-0.15, -0.1) is 0 Å². The Morgan fingerprint density at radius 3 is 2.73 bits per heavy atom. The van der Waals surface area contributed by atoms with Gasteiger partial charge in [0.2, 0.25) is 11.7 Å². The van der Waals surface area contributed by atoms with Crippen LogP contribution in [-0.4, -0.2) is 24.8 Å². The van der Waals surface area contributed by atoms with E-state index >= 15 is 0 Å². The maximum absolute atomic E-state index is 12.9. The molecule has 0 fully saturated rings. The van der Waals surface area contributed by atoms with Crippen molar-refractivity contribution in [2.75, 3.05) is 0 Å². The monoisotopic (exact) mass is 303 g/mol. The van der Waals surface area contributed by atoms with Crippen molar-refractivity contribution in [1.29, 1.82) is 0 Å². The number of benzene rings is 1. The van der Waals surface area contributed by atoms with Crippen LogP contribution in [0.5, 0.6) is 0 Å². The molecule has 112 valence electrons. The van der Waals surface area contributed by atoms with E-state index in [0.717, 1.165) is 0 Å². The quantitative estimate of drug-likeness (QED) is 0.541. The fraction of sp³-hybridized carbons (Fsp3) is 0.154. The second-order valence-electron chi connectivity index (χ2n) is 4.55. The van der Waals surface area contributed by atoms with Gasteiger partial charge in [-0.05, 0) is 31.2 Å². The first-order chi connectivity index (χ1) is 10.5. The number of hydrogen-bond acceptors (Lipinski definition) is 6. The summed E-state index contributed by atoms with van der Waals surface area (Å²) in [5.74, 6) is 0.210. The van der Waals surface area contributed by atoms with E-state index in [1.807, 2.05) is 0 Å². The minimum atomic E-state index is -0.503. The van der Waals surface area contributed by atoms with E-state index in [0.29, 0.717) is 17.1 Å². The van der Waals surface area contributed by atoms with Gasteiger partial charge in [0.25, 0.3) is 0 Å². The molecular formula is C13H10FN5O3. The predicted molar refractivity (Wildman–Crippen MR) is 72.4 cm³/mol. The molecule has 0 atom stereocenters. The van der Waals surface area contributed by atoms with Crippen LogP contribution in [-0.2, 0) is 6.54 Å². The molecule has 9 heteroatoms. The van der Waals surface area contributed by atoms with Crippen molar-refractivity contribution >= 4 is 5.69 Å². The number of nitro groups is 1. The van der Waals surface area contributed by atoms with Crippen molar-refractivity contribution in [1.82, 2.24) is 19.9 Å². The van der Waals surface area contributed by atoms with Crippen LogP contribution >= 0.6 is 0 Å². The van der Waals surface area contributed by atoms with Crippen LogP contribution < -0.4 is 0 Å². The van der Waals surface area contributed by atoms with Crippen molar-refractivity contribution in [3.05, 3.63) is 58.0 Å². The van der Waals surface area contributed by atoms with E-state index in [9.17, 15) is 14.5 Å². The first-order valence-electron chi connectivity index (χ1n) is 6.30. The lowest BCUT2D eigenvalue weighted by atomic mass is 10.2. The van der Waals surface area contributed by atoms with Crippen LogP contribution in [0.15, 0.2) is 35.0 Å². The molecular weight excluding hydrogens is 293 g/mol. The second-order valence-corrected chi connectivity index (χ2v) is 4.55. The van der Waals surface area contributed by atoms with Crippen molar-refractivity contribution in [3.63, 3.8) is 0 Å². The number of rotatable bonds is 4. The van der Waals surface area contributed by atoms with Gasteiger partial charge >= 0.3 is 5.69 Å². The fourth-order valence-electron chi connectivity index (χ4n) is 1.94. The minimum Gasteiger partial charge on any atom is -0.337 e. The second kappa shape index (κ2) is 5.35. The zero-order valence-electron chi connectivity index (χ0n) is 11.4. The van der Waals surface area contributed by atoms with Gasteiger partial charge in [-0.2, -0.15) is 10.1 Å². The highest BCUT2D eigenvalue weighted by atomic mass is 19.1. The van der Waals surface area contributed by atoms with E-state index in [1.54, 1.807) is 6.92 Å². The Morgan fingerprint density at radius 1 is 1.36 bits per heavy atom. The zero-order valence-corrected chi connectivity index (χ0v) is 11.4. The van der Waals surface area contributed by atoms with Gasteiger partial charge in [0.15, 0.2) is 0 Å². The molecule has 2 aromatic heterocycles. The standard InChI is InChI=1S/C13H10FN5O3/c1-8-11(19(20)21)6-15-18(8)7-12-16-13(17-22-12)9-2-4-10(14)5-3-9/h2-6H,7H2,1H3. The summed E-state index contributed by atoms with van der Waals surface area (Å²) < 4.78 is 19.4. The molecule has 3 aromatic rings. The number of hydrogen-bond donors (Lipinski definition) is 0. The number of nitrogens with zero attached hydrogens (tertiary/aromatic N) is 5. The van der Waals surface area contributed by atoms with E-state index in [2.05, 4.69) is 15.2 Å². The molecule has 0 aliphatic carbocycles. The topological polar surface area (TPSA) is 99.9 Å². The molecule has 0 spiro atoms. The van der Waals surface area contributed by atoms with E-state index < -0.39 is 4.92 Å². The summed E-state index contributed by atoms with van der Waals surface area (Å²) in [5, 5.41) is 18.5. The van der Waals surface area contributed by atoms with Crippen molar-refractivity contribution in [2.45, 2.75) is 13.5 Å². The summed E-state index contributed by atoms with van der Waals surface area (Å²) in [6.07, 6.45) is 1.17. The van der Waals surface area contributed by atoms with Crippen LogP contribution in [0.1, 0.15) is 11.6 Å². The Morgan fingerprint density at radius 2 is 2.09 bits per heavy atom. The van der Waals surface area contributed by atoms with Crippen molar-refractivity contribution in [2.24, 2.45) is 0 Å². The van der Waals surface area contributed by atoms with Gasteiger partial charge in [0, 0.05) is 5.56 Å². The Bertz CT molecular complexity index is 825. The van der Waals surface area contributed by atoms with Crippen LogP contribution in [0.4, 0.5) is 10.1 Å². The molecule has 0 radical (unpaired) electrons. The summed E-state index contributed by atoms with van der Waals surface area (Å²) in [7, 11) is 0. The molecule has 2 heterocycles. The highest BCUT2D eigenvalue weighted by molar-refractivity contribution is 5.53. The van der Waals surface area contributed by atoms with Gasteiger partial charge in [-0.1, -0.05) is 5.16 Å². The molecule has 0 aliphatic heterocycles. The molecule has 1 aromatic carbocycles. The molecule has 8 nitrogen and oxygen atoms in total. The maximum atomic E-state index is 12.9. The fourth-order valence-corrected chi connectivity index (χ4v) is 1.94. The van der Waals surface area contributed by atoms with Crippen LogP contribution in [0.2, 0.25) is 0 Å². The first-order valence-corrected chi connectivity index (χ1v) is 6.30. The van der Waals surface area contributed by atoms with E-state index in [-0.39, 0.29) is 23.9 Å². The smallest absolute Gasteiger partial charge is 0.309 e. The van der Waals surface area contributed by atoms with Gasteiger partial charge in [-0.3, -0.25) is 14.8 Å². The molecule has 0 saturated carbocycles. The molecule has 3 rings (SSSR count). The third kappa shape index (κ3) is 2.55. The molecule has 22 heavy (non-hydrogen) atoms. The summed E-state index contributed by atoms with van der Waals surface area (Å²) >= 11 is 0. The molecule has 0 aliphatic rings. The largest absolute Gasteiger partial charge is 0.337 e. The summed E-state index contributed by atoms with van der Waals surface area (Å²) in [6, 6.07) is 5.67. The molecule has 0 bridgehead atoms. The average molecular weight is 303 g/mol. The lowest BCUT2D eigenvalue weighted by molar-refractivity contribution is -0.385. The van der Waals surface area contributed by atoms with Crippen molar-refractivity contribution < 1.29 is 13.8 Å². The van der Waals surface area contributed by atoms with Gasteiger partial charge in [0.1, 0.15) is 24.3 Å². The van der Waals surface area contributed by atoms with Crippen LogP contribution in [0, 0.1) is 22.9 Å². The number of halogens is 1. The first kappa shape index (κ1) is 13.9. The lowest BCUT2D eigenvalue weighted by Gasteiger charge is -1.98. The Balaban J connectivity index is 1.83. The van der Waals surface area contributed by atoms with Gasteiger partial charge < -0.3 is 4.52 Å². The molecule has 0 N–H and O–H groups in total. The summed E-state index contributed by atoms with van der Waals surface area (Å²) in [6.45, 7) is 1.70. The normalized spacial score (nSPS) is 10.8. The Kier molecular flexibility index (Phi) is 3.37. The number of aromatic nitrogens is 4. The highest BCUT2D eigenvalue weighted by Crippen LogP contribution is 2.19. The van der Waals surface area contributed by atoms with Crippen molar-refractivity contribution in [3.8, 4) is 11.4 Å². The average Bonchev–Trinajstić information content (AvgIpc) is 3.08. The van der Waals surface area contributed by atoms with Crippen LogP contribution in [0.3, 0.4) is 0 Å². The van der Waals surface area contributed by atoms with Crippen LogP contribution in [0.25, 0.3) is 11.4 Å². The molecule has 0 saturated heterocycles. The maximum Gasteiger partial charge on any atom is 0.309 e.